The molecule has 0 amide bonds. The number of benzene rings is 1. The van der Waals surface area contributed by atoms with Gasteiger partial charge in [0.05, 0.1) is 22.1 Å². The number of hydrogen-bond donors (Lipinski definition) is 0. The highest BCUT2D eigenvalue weighted by Gasteiger charge is 2.33. The molecule has 0 aromatic heterocycles. The van der Waals surface area contributed by atoms with Gasteiger partial charge in [0, 0.05) is 6.04 Å². The molecule has 0 radical (unpaired) electrons. The van der Waals surface area contributed by atoms with Crippen LogP contribution in [0.4, 0.5) is 0 Å². The highest BCUT2D eigenvalue weighted by molar-refractivity contribution is 7.78. The highest BCUT2D eigenvalue weighted by Crippen LogP contribution is 2.37. The number of thiocarbonyl (C=S) groups is 3. The van der Waals surface area contributed by atoms with Crippen molar-refractivity contribution in [1.82, 2.24) is 0 Å². The molecular weight excluding hydrogens is 471 g/mol. The maximum absolute atomic E-state index is 5.94. The summed E-state index contributed by atoms with van der Waals surface area (Å²) in [6.07, 6.45) is 12.2. The molecule has 1 fully saturated rings. The lowest BCUT2D eigenvalue weighted by Crippen LogP contribution is -2.27. The lowest BCUT2D eigenvalue weighted by Gasteiger charge is -2.28. The maximum atomic E-state index is 5.94. The molecule has 1 aliphatic carbocycles. The SMILES string of the molecule is CCCC1CCC(c2ccc(OCCCCCC[Si](N=C=S)(N=C=S)N=C=S)cc2)CC1. The van der Waals surface area contributed by atoms with Crippen LogP contribution in [0.5, 0.6) is 5.75 Å². The third-order valence-electron chi connectivity index (χ3n) is 6.24. The molecule has 4 nitrogen and oxygen atoms in total. The van der Waals surface area contributed by atoms with Crippen LogP contribution in [0.1, 0.15) is 82.6 Å². The highest BCUT2D eigenvalue weighted by atomic mass is 32.1. The normalized spacial score (nSPS) is 19.5. The molecule has 0 N–H and O–H groups in total. The molecular formula is C24H33N3OS3Si. The number of unbranched alkanes of at least 4 members (excludes halogenated alkanes) is 3. The van der Waals surface area contributed by atoms with Crippen LogP contribution in [0.25, 0.3) is 0 Å². The quantitative estimate of drug-likeness (QED) is 0.112. The van der Waals surface area contributed by atoms with E-state index >= 15 is 0 Å². The minimum Gasteiger partial charge on any atom is -0.494 e. The summed E-state index contributed by atoms with van der Waals surface area (Å²) in [4.78, 5) is 0. The first kappa shape index (κ1) is 26.9. The average Bonchev–Trinajstić information content (AvgIpc) is 2.80. The van der Waals surface area contributed by atoms with Crippen LogP contribution in [0, 0.1) is 5.92 Å². The van der Waals surface area contributed by atoms with Crippen molar-refractivity contribution >= 4 is 60.7 Å². The molecule has 0 atom stereocenters. The Morgan fingerprint density at radius 2 is 1.47 bits per heavy atom. The van der Waals surface area contributed by atoms with Gasteiger partial charge in [0.15, 0.2) is 0 Å². The van der Waals surface area contributed by atoms with Gasteiger partial charge in [-0.05, 0) is 98.3 Å². The summed E-state index contributed by atoms with van der Waals surface area (Å²) in [5.74, 6) is 2.63. The zero-order valence-electron chi connectivity index (χ0n) is 18.9. The van der Waals surface area contributed by atoms with Crippen molar-refractivity contribution in [2.45, 2.75) is 83.1 Å². The summed E-state index contributed by atoms with van der Waals surface area (Å²) in [5, 5.41) is 7.14. The zero-order valence-corrected chi connectivity index (χ0v) is 22.4. The fraction of sp³-hybridized carbons (Fsp3) is 0.625. The summed E-state index contributed by atoms with van der Waals surface area (Å²) in [5.41, 5.74) is 1.47. The van der Waals surface area contributed by atoms with Gasteiger partial charge in [0.1, 0.15) is 5.75 Å². The molecule has 0 spiro atoms. The van der Waals surface area contributed by atoms with E-state index in [1.165, 1.54) is 44.1 Å². The average molecular weight is 504 g/mol. The van der Waals surface area contributed by atoms with Gasteiger partial charge in [-0.15, -0.1) is 0 Å². The molecule has 1 saturated carbocycles. The molecule has 0 unspecified atom stereocenters. The predicted octanol–water partition coefficient (Wildman–Crippen LogP) is 7.95. The van der Waals surface area contributed by atoms with Crippen molar-refractivity contribution in [3.05, 3.63) is 29.8 Å². The Morgan fingerprint density at radius 3 is 2.03 bits per heavy atom. The topological polar surface area (TPSA) is 46.3 Å². The Labute approximate surface area is 209 Å². The third-order valence-corrected chi connectivity index (χ3v) is 9.44. The van der Waals surface area contributed by atoms with Gasteiger partial charge < -0.3 is 4.74 Å². The van der Waals surface area contributed by atoms with Crippen molar-refractivity contribution in [3.63, 3.8) is 0 Å². The molecule has 0 bridgehead atoms. The Kier molecular flexibility index (Phi) is 13.0. The molecule has 1 aliphatic rings. The minimum atomic E-state index is -2.75. The van der Waals surface area contributed by atoms with Crippen LogP contribution in [-0.4, -0.2) is 30.6 Å². The van der Waals surface area contributed by atoms with Gasteiger partial charge in [-0.3, -0.25) is 0 Å². The lowest BCUT2D eigenvalue weighted by atomic mass is 9.77. The van der Waals surface area contributed by atoms with Crippen molar-refractivity contribution in [2.75, 3.05) is 6.61 Å². The van der Waals surface area contributed by atoms with E-state index < -0.39 is 8.56 Å². The Morgan fingerprint density at radius 1 is 0.875 bits per heavy atom. The molecule has 1 aromatic rings. The van der Waals surface area contributed by atoms with Crippen molar-refractivity contribution in [3.8, 4) is 5.75 Å². The van der Waals surface area contributed by atoms with E-state index in [-0.39, 0.29) is 0 Å². The number of isothiocyanates is 3. The smallest absolute Gasteiger partial charge is 0.461 e. The summed E-state index contributed by atoms with van der Waals surface area (Å²) in [6, 6.07) is 9.46. The molecule has 0 saturated heterocycles. The minimum absolute atomic E-state index is 0.687. The number of rotatable bonds is 14. The third kappa shape index (κ3) is 9.25. The molecule has 2 rings (SSSR count). The Balaban J connectivity index is 1.66. The second-order valence-electron chi connectivity index (χ2n) is 8.47. The van der Waals surface area contributed by atoms with Crippen molar-refractivity contribution in [1.29, 1.82) is 0 Å². The van der Waals surface area contributed by atoms with E-state index in [9.17, 15) is 0 Å². The molecule has 0 aliphatic heterocycles. The number of hydrogen-bond acceptors (Lipinski definition) is 7. The van der Waals surface area contributed by atoms with E-state index in [2.05, 4.69) is 60.6 Å². The maximum Gasteiger partial charge on any atom is 0.461 e. The van der Waals surface area contributed by atoms with Gasteiger partial charge in [-0.2, -0.15) is 0 Å². The summed E-state index contributed by atoms with van der Waals surface area (Å²) in [7, 11) is -2.75. The van der Waals surface area contributed by atoms with Crippen LogP contribution in [0.2, 0.25) is 6.04 Å². The van der Waals surface area contributed by atoms with E-state index in [0.29, 0.717) is 6.04 Å². The van der Waals surface area contributed by atoms with E-state index in [1.54, 1.807) is 0 Å². The first-order valence-electron chi connectivity index (χ1n) is 11.7. The number of nitrogens with zero attached hydrogens (tertiary/aromatic N) is 3. The summed E-state index contributed by atoms with van der Waals surface area (Å²) in [6.45, 7) is 3.02. The van der Waals surface area contributed by atoms with Gasteiger partial charge in [-0.1, -0.05) is 51.2 Å². The van der Waals surface area contributed by atoms with Crippen LogP contribution >= 0.6 is 36.7 Å². The molecule has 8 heteroatoms. The van der Waals surface area contributed by atoms with Crippen molar-refractivity contribution in [2.24, 2.45) is 19.9 Å². The first-order valence-corrected chi connectivity index (χ1v) is 14.9. The van der Waals surface area contributed by atoms with Gasteiger partial charge in [0.25, 0.3) is 0 Å². The molecule has 0 heterocycles. The fourth-order valence-electron chi connectivity index (χ4n) is 4.50. The fourth-order valence-corrected chi connectivity index (χ4v) is 7.46. The summed E-state index contributed by atoms with van der Waals surface area (Å²) >= 11 is 14.2. The largest absolute Gasteiger partial charge is 0.494 e. The van der Waals surface area contributed by atoms with Crippen LogP contribution in [0.15, 0.2) is 38.2 Å². The van der Waals surface area contributed by atoms with E-state index in [1.807, 2.05) is 0 Å². The first-order chi connectivity index (χ1) is 15.7. The van der Waals surface area contributed by atoms with E-state index in [4.69, 9.17) is 41.4 Å². The van der Waals surface area contributed by atoms with E-state index in [0.717, 1.165) is 49.9 Å². The van der Waals surface area contributed by atoms with Crippen LogP contribution in [-0.2, 0) is 0 Å². The van der Waals surface area contributed by atoms with Gasteiger partial charge >= 0.3 is 8.56 Å². The van der Waals surface area contributed by atoms with Crippen molar-refractivity contribution < 1.29 is 4.74 Å². The second kappa shape index (κ2) is 15.5. The lowest BCUT2D eigenvalue weighted by molar-refractivity contribution is 0.302. The molecule has 32 heavy (non-hydrogen) atoms. The molecule has 172 valence electrons. The second-order valence-corrected chi connectivity index (χ2v) is 11.7. The van der Waals surface area contributed by atoms with Gasteiger partial charge in [-0.25, -0.2) is 14.0 Å². The van der Waals surface area contributed by atoms with Crippen LogP contribution in [0.3, 0.4) is 0 Å². The predicted molar refractivity (Wildman–Crippen MR) is 146 cm³/mol. The van der Waals surface area contributed by atoms with Crippen LogP contribution < -0.4 is 4.74 Å². The Bertz CT molecular complexity index is 791. The Hall–Kier alpha value is -1.36. The van der Waals surface area contributed by atoms with Gasteiger partial charge in [0.2, 0.25) is 0 Å². The monoisotopic (exact) mass is 503 g/mol. The number of ether oxygens (including phenoxy) is 1. The zero-order chi connectivity index (χ0) is 23.1. The molecule has 1 aromatic carbocycles. The summed E-state index contributed by atoms with van der Waals surface area (Å²) < 4.78 is 18.4. The standard InChI is InChI=1S/C24H33N3OS3Si/c1-2-7-21-8-10-22(11-9-21)23-12-14-24(15-13-23)28-16-5-3-4-6-17-32(25-18-29,26-19-30)27-20-31/h12-15,21-22H,2-11,16-17H2,1H3.